The zero-order chi connectivity index (χ0) is 35.2. The first-order chi connectivity index (χ1) is 23.5. The lowest BCUT2D eigenvalue weighted by Gasteiger charge is -2.23. The lowest BCUT2D eigenvalue weighted by molar-refractivity contribution is -0.125. The number of carbonyl (C=O) groups is 1. The van der Waals surface area contributed by atoms with E-state index in [-0.39, 0.29) is 18.9 Å². The summed E-state index contributed by atoms with van der Waals surface area (Å²) >= 11 is 0. The number of aliphatic hydroxyl groups excluding tert-OH is 3. The van der Waals surface area contributed by atoms with Crippen molar-refractivity contribution in [3.05, 3.63) is 24.3 Å². The average molecular weight is 678 g/mol. The van der Waals surface area contributed by atoms with Crippen molar-refractivity contribution in [1.29, 1.82) is 0 Å². The number of amides is 1. The van der Waals surface area contributed by atoms with Crippen LogP contribution in [0.5, 0.6) is 0 Å². The largest absolute Gasteiger partial charge is 0.394 e. The minimum Gasteiger partial charge on any atom is -0.394 e. The molecule has 3 atom stereocenters. The molecule has 0 spiro atoms. The third-order valence-electron chi connectivity index (χ3n) is 9.77. The van der Waals surface area contributed by atoms with Gasteiger partial charge < -0.3 is 20.6 Å². The Kier molecular flexibility index (Phi) is 37.7. The number of carbonyl (C=O) groups excluding carboxylic acids is 1. The summed E-state index contributed by atoms with van der Waals surface area (Å²) in [6.07, 6.45) is 45.6. The molecule has 0 saturated carbocycles. The van der Waals surface area contributed by atoms with E-state index in [1.165, 1.54) is 141 Å². The summed E-state index contributed by atoms with van der Waals surface area (Å²) in [7, 11) is 0. The van der Waals surface area contributed by atoms with E-state index in [9.17, 15) is 20.1 Å². The molecule has 0 saturated heterocycles. The summed E-state index contributed by atoms with van der Waals surface area (Å²) in [5, 5.41) is 33.3. The third kappa shape index (κ3) is 34.7. The fourth-order valence-electron chi connectivity index (χ4n) is 6.49. The Balaban J connectivity index is 3.65. The van der Waals surface area contributed by atoms with Gasteiger partial charge in [0.05, 0.1) is 31.3 Å². The second-order valence-corrected chi connectivity index (χ2v) is 14.6. The number of nitrogens with one attached hydrogen (secondary N) is 1. The van der Waals surface area contributed by atoms with E-state index < -0.39 is 18.2 Å². The molecule has 0 heterocycles. The van der Waals surface area contributed by atoms with Crippen molar-refractivity contribution >= 4 is 5.91 Å². The molecule has 0 aromatic carbocycles. The molecule has 0 radical (unpaired) electrons. The Morgan fingerprint density at radius 2 is 0.896 bits per heavy atom. The van der Waals surface area contributed by atoms with Crippen molar-refractivity contribution < 1.29 is 20.1 Å². The zero-order valence-electron chi connectivity index (χ0n) is 32.1. The predicted octanol–water partition coefficient (Wildman–Crippen LogP) is 11.8. The van der Waals surface area contributed by atoms with Gasteiger partial charge in [0.15, 0.2) is 0 Å². The molecule has 0 aromatic rings. The van der Waals surface area contributed by atoms with Gasteiger partial charge in [0.1, 0.15) is 0 Å². The molecule has 48 heavy (non-hydrogen) atoms. The first-order valence-corrected chi connectivity index (χ1v) is 21.1. The summed E-state index contributed by atoms with van der Waals surface area (Å²) < 4.78 is 0. The smallest absolute Gasteiger partial charge is 0.222 e. The molecule has 1 amide bonds. The van der Waals surface area contributed by atoms with E-state index >= 15 is 0 Å². The topological polar surface area (TPSA) is 89.8 Å². The average Bonchev–Trinajstić information content (AvgIpc) is 3.08. The van der Waals surface area contributed by atoms with Crippen molar-refractivity contribution in [2.24, 2.45) is 0 Å². The summed E-state index contributed by atoms with van der Waals surface area (Å²) in [6.45, 7) is 4.23. The Bertz CT molecular complexity index is 709. The summed E-state index contributed by atoms with van der Waals surface area (Å²) in [4.78, 5) is 12.4. The maximum atomic E-state index is 12.4. The summed E-state index contributed by atoms with van der Waals surface area (Å²) in [5.74, 6) is -0.291. The summed E-state index contributed by atoms with van der Waals surface area (Å²) in [5.41, 5.74) is 0. The molecule has 5 nitrogen and oxygen atoms in total. The number of allylic oxidation sites excluding steroid dienone is 4. The van der Waals surface area contributed by atoms with Crippen molar-refractivity contribution in [2.75, 3.05) is 6.61 Å². The molecule has 284 valence electrons. The van der Waals surface area contributed by atoms with E-state index in [1.54, 1.807) is 0 Å². The Morgan fingerprint density at radius 3 is 1.35 bits per heavy atom. The van der Waals surface area contributed by atoms with Crippen LogP contribution in [-0.2, 0) is 4.79 Å². The van der Waals surface area contributed by atoms with Crippen LogP contribution in [0.15, 0.2) is 24.3 Å². The van der Waals surface area contributed by atoms with Gasteiger partial charge in [0, 0.05) is 0 Å². The van der Waals surface area contributed by atoms with Gasteiger partial charge in [-0.05, 0) is 44.9 Å². The van der Waals surface area contributed by atoms with Crippen LogP contribution in [0.2, 0.25) is 0 Å². The Labute approximate surface area is 299 Å². The van der Waals surface area contributed by atoms with Crippen molar-refractivity contribution in [2.45, 2.75) is 238 Å². The molecule has 0 fully saturated rings. The molecule has 0 aliphatic carbocycles. The third-order valence-corrected chi connectivity index (χ3v) is 9.77. The highest BCUT2D eigenvalue weighted by Gasteiger charge is 2.21. The SMILES string of the molecule is CCCCC/C=C\C/C=C\CCCCCCCC(O)CC(=O)NC(CO)C(O)CCCCCCCCCCCCCCCCCCCC. The van der Waals surface area contributed by atoms with Crippen LogP contribution in [0, 0.1) is 0 Å². The second-order valence-electron chi connectivity index (χ2n) is 14.6. The van der Waals surface area contributed by atoms with Crippen molar-refractivity contribution in [3.63, 3.8) is 0 Å². The van der Waals surface area contributed by atoms with Gasteiger partial charge in [-0.3, -0.25) is 4.79 Å². The van der Waals surface area contributed by atoms with Gasteiger partial charge in [-0.1, -0.05) is 192 Å². The predicted molar refractivity (Wildman–Crippen MR) is 208 cm³/mol. The van der Waals surface area contributed by atoms with Crippen LogP contribution in [0.25, 0.3) is 0 Å². The molecule has 0 aromatic heterocycles. The molecule has 3 unspecified atom stereocenters. The molecule has 0 rings (SSSR count). The number of rotatable bonds is 38. The number of aliphatic hydroxyl groups is 3. The van der Waals surface area contributed by atoms with Gasteiger partial charge in [-0.2, -0.15) is 0 Å². The maximum absolute atomic E-state index is 12.4. The van der Waals surface area contributed by atoms with Crippen LogP contribution in [0.3, 0.4) is 0 Å². The van der Waals surface area contributed by atoms with Gasteiger partial charge in [0.2, 0.25) is 5.91 Å². The normalized spacial score (nSPS) is 13.9. The van der Waals surface area contributed by atoms with Gasteiger partial charge in [-0.15, -0.1) is 0 Å². The standard InChI is InChI=1S/C43H83NO4/c1-3-5-7-9-11-13-15-17-19-20-21-23-25-27-29-31-33-35-37-42(47)41(39-45)44-43(48)38-40(46)36-34-32-30-28-26-24-22-18-16-14-12-10-8-6-4-2/h12,14,18,22,40-42,45-47H,3-11,13,15-17,19-21,23-39H2,1-2H3,(H,44,48)/b14-12-,22-18-. The first-order valence-electron chi connectivity index (χ1n) is 21.1. The van der Waals surface area contributed by atoms with Crippen LogP contribution in [-0.4, -0.2) is 46.1 Å². The van der Waals surface area contributed by atoms with Gasteiger partial charge in [0.25, 0.3) is 0 Å². The number of hydrogen-bond acceptors (Lipinski definition) is 4. The fraction of sp³-hybridized carbons (Fsp3) is 0.884. The highest BCUT2D eigenvalue weighted by atomic mass is 16.3. The quantitative estimate of drug-likeness (QED) is 0.0387. The van der Waals surface area contributed by atoms with Crippen LogP contribution >= 0.6 is 0 Å². The van der Waals surface area contributed by atoms with Gasteiger partial charge >= 0.3 is 0 Å². The minimum atomic E-state index is -0.751. The molecule has 0 bridgehead atoms. The highest BCUT2D eigenvalue weighted by Crippen LogP contribution is 2.16. The van der Waals surface area contributed by atoms with Crippen LogP contribution in [0.1, 0.15) is 219 Å². The Hall–Kier alpha value is -1.17. The van der Waals surface area contributed by atoms with Gasteiger partial charge in [-0.25, -0.2) is 0 Å². The van der Waals surface area contributed by atoms with E-state index in [0.717, 1.165) is 44.9 Å². The molecule has 0 aliphatic heterocycles. The van der Waals surface area contributed by atoms with Crippen LogP contribution in [0.4, 0.5) is 0 Å². The molecule has 0 aliphatic rings. The van der Waals surface area contributed by atoms with E-state index in [2.05, 4.69) is 43.5 Å². The lowest BCUT2D eigenvalue weighted by Crippen LogP contribution is -2.46. The highest BCUT2D eigenvalue weighted by molar-refractivity contribution is 5.76. The van der Waals surface area contributed by atoms with Crippen LogP contribution < -0.4 is 5.32 Å². The number of unbranched alkanes of at least 4 members (excludes halogenated alkanes) is 25. The van der Waals surface area contributed by atoms with E-state index in [4.69, 9.17) is 0 Å². The van der Waals surface area contributed by atoms with E-state index in [0.29, 0.717) is 12.8 Å². The van der Waals surface area contributed by atoms with E-state index in [1.807, 2.05) is 0 Å². The first kappa shape index (κ1) is 46.8. The fourth-order valence-corrected chi connectivity index (χ4v) is 6.49. The van der Waals surface area contributed by atoms with Crippen molar-refractivity contribution in [3.8, 4) is 0 Å². The monoisotopic (exact) mass is 678 g/mol. The molecular weight excluding hydrogens is 594 g/mol. The number of hydrogen-bond donors (Lipinski definition) is 4. The molecule has 5 heteroatoms. The molecule has 4 N–H and O–H groups in total. The van der Waals surface area contributed by atoms with Crippen molar-refractivity contribution in [1.82, 2.24) is 5.32 Å². The maximum Gasteiger partial charge on any atom is 0.222 e. The lowest BCUT2D eigenvalue weighted by atomic mass is 10.0. The minimum absolute atomic E-state index is 0.0280. The Morgan fingerprint density at radius 1 is 0.521 bits per heavy atom. The molecular formula is C43H83NO4. The zero-order valence-corrected chi connectivity index (χ0v) is 32.1. The summed E-state index contributed by atoms with van der Waals surface area (Å²) in [6, 6.07) is -0.661. The second kappa shape index (κ2) is 38.6.